The van der Waals surface area contributed by atoms with Gasteiger partial charge in [0.15, 0.2) is 0 Å². The molecule has 5 heteroatoms. The first-order chi connectivity index (χ1) is 9.29. The topological polar surface area (TPSA) is 60.5 Å². The summed E-state index contributed by atoms with van der Waals surface area (Å²) in [5, 5.41) is 3.22. The van der Waals surface area contributed by atoms with E-state index in [9.17, 15) is 4.79 Å². The Morgan fingerprint density at radius 3 is 3.26 bits per heavy atom. The van der Waals surface area contributed by atoms with Gasteiger partial charge in [0.25, 0.3) is 0 Å². The first-order valence-corrected chi connectivity index (χ1v) is 6.30. The zero-order valence-electron chi connectivity index (χ0n) is 10.8. The Morgan fingerprint density at radius 2 is 2.53 bits per heavy atom. The Hall–Kier alpha value is -2.06. The van der Waals surface area contributed by atoms with E-state index < -0.39 is 5.97 Å². The Balaban J connectivity index is 2.09. The van der Waals surface area contributed by atoms with Crippen LogP contribution >= 0.6 is 0 Å². The van der Waals surface area contributed by atoms with E-state index >= 15 is 0 Å². The van der Waals surface area contributed by atoms with Crippen LogP contribution in [0, 0.1) is 11.8 Å². The second kappa shape index (κ2) is 6.76. The van der Waals surface area contributed by atoms with Gasteiger partial charge in [-0.15, -0.1) is 0 Å². The van der Waals surface area contributed by atoms with E-state index in [4.69, 9.17) is 9.47 Å². The van der Waals surface area contributed by atoms with Crippen LogP contribution in [0.4, 0.5) is 0 Å². The third kappa shape index (κ3) is 3.97. The second-order valence-corrected chi connectivity index (χ2v) is 4.06. The molecule has 1 atom stereocenters. The summed E-state index contributed by atoms with van der Waals surface area (Å²) < 4.78 is 10.5. The van der Waals surface area contributed by atoms with Gasteiger partial charge in [-0.2, -0.15) is 0 Å². The maximum absolute atomic E-state index is 11.2. The lowest BCUT2D eigenvalue weighted by Gasteiger charge is -2.12. The van der Waals surface area contributed by atoms with Crippen molar-refractivity contribution in [3.05, 3.63) is 23.9 Å². The highest BCUT2D eigenvalue weighted by molar-refractivity contribution is 5.89. The molecule has 1 aromatic heterocycles. The third-order valence-corrected chi connectivity index (χ3v) is 2.64. The van der Waals surface area contributed by atoms with Crippen LogP contribution in [0.3, 0.4) is 0 Å². The molecule has 2 heterocycles. The average molecular weight is 260 g/mol. The molecule has 1 aromatic rings. The molecule has 19 heavy (non-hydrogen) atoms. The molecule has 1 unspecified atom stereocenters. The summed E-state index contributed by atoms with van der Waals surface area (Å²) in [6, 6.07) is 3.53. The summed E-state index contributed by atoms with van der Waals surface area (Å²) in [6.07, 6.45) is 2.70. The number of ether oxygens (including phenoxy) is 2. The fraction of sp³-hybridized carbons (Fsp3) is 0.429. The predicted octanol–water partition coefficient (Wildman–Crippen LogP) is 0.737. The molecule has 0 aromatic carbocycles. The zero-order valence-corrected chi connectivity index (χ0v) is 10.8. The molecule has 0 bridgehead atoms. The van der Waals surface area contributed by atoms with Crippen LogP contribution in [0.25, 0.3) is 0 Å². The van der Waals surface area contributed by atoms with Crippen LogP contribution in [0.1, 0.15) is 18.9 Å². The number of pyridine rings is 1. The van der Waals surface area contributed by atoms with Gasteiger partial charge in [-0.05, 0) is 37.9 Å². The van der Waals surface area contributed by atoms with Crippen molar-refractivity contribution in [2.45, 2.75) is 19.4 Å². The number of hydrogen-bond donors (Lipinski definition) is 1. The highest BCUT2D eigenvalue weighted by Gasteiger charge is 2.17. The number of nitrogens with zero attached hydrogens (tertiary/aromatic N) is 1. The van der Waals surface area contributed by atoms with Crippen LogP contribution in [0.15, 0.2) is 18.3 Å². The molecule has 100 valence electrons. The molecule has 0 saturated carbocycles. The number of carbonyl (C=O) groups excluding carboxylic acids is 1. The predicted molar refractivity (Wildman–Crippen MR) is 69.7 cm³/mol. The largest absolute Gasteiger partial charge is 0.472 e. The van der Waals surface area contributed by atoms with Crippen molar-refractivity contribution in [2.75, 3.05) is 19.7 Å². The molecule has 1 N–H and O–H groups in total. The van der Waals surface area contributed by atoms with Gasteiger partial charge in [-0.25, -0.2) is 9.78 Å². The fourth-order valence-electron chi connectivity index (χ4n) is 1.75. The van der Waals surface area contributed by atoms with Crippen molar-refractivity contribution in [2.24, 2.45) is 0 Å². The van der Waals surface area contributed by atoms with Crippen molar-refractivity contribution in [3.63, 3.8) is 0 Å². The Morgan fingerprint density at radius 1 is 1.63 bits per heavy atom. The number of carbonyl (C=O) groups is 1. The van der Waals surface area contributed by atoms with Gasteiger partial charge in [0.05, 0.1) is 12.2 Å². The lowest BCUT2D eigenvalue weighted by Crippen LogP contribution is -2.20. The highest BCUT2D eigenvalue weighted by atomic mass is 16.5. The van der Waals surface area contributed by atoms with Crippen molar-refractivity contribution >= 4 is 5.97 Å². The molecular formula is C14H16N2O3. The summed E-state index contributed by atoms with van der Waals surface area (Å²) >= 11 is 0. The lowest BCUT2D eigenvalue weighted by molar-refractivity contribution is -0.136. The van der Waals surface area contributed by atoms with E-state index in [0.29, 0.717) is 18.1 Å². The smallest absolute Gasteiger partial charge is 0.384 e. The van der Waals surface area contributed by atoms with Crippen molar-refractivity contribution < 1.29 is 14.3 Å². The standard InChI is InChI=1S/C14H16N2O3/c1-2-18-13(17)6-5-11-4-3-8-16-14(11)19-12-7-9-15-10-12/h3-4,8,12,15H,2,7,9-10H2,1H3. The molecule has 1 fully saturated rings. The summed E-state index contributed by atoms with van der Waals surface area (Å²) in [4.78, 5) is 15.4. The summed E-state index contributed by atoms with van der Waals surface area (Å²) in [5.41, 5.74) is 0.599. The SMILES string of the molecule is CCOC(=O)C#Cc1cccnc1OC1CCNC1. The van der Waals surface area contributed by atoms with Gasteiger partial charge in [0.1, 0.15) is 6.10 Å². The van der Waals surface area contributed by atoms with E-state index in [2.05, 4.69) is 22.1 Å². The summed E-state index contributed by atoms with van der Waals surface area (Å²) in [7, 11) is 0. The molecule has 1 saturated heterocycles. The zero-order chi connectivity index (χ0) is 13.5. The average Bonchev–Trinajstić information content (AvgIpc) is 2.91. The van der Waals surface area contributed by atoms with Crippen LogP contribution in [0.5, 0.6) is 5.88 Å². The maximum atomic E-state index is 11.2. The van der Waals surface area contributed by atoms with Crippen LogP contribution in [0.2, 0.25) is 0 Å². The van der Waals surface area contributed by atoms with Gasteiger partial charge in [-0.3, -0.25) is 0 Å². The van der Waals surface area contributed by atoms with Gasteiger partial charge in [-0.1, -0.05) is 0 Å². The molecule has 1 aliphatic heterocycles. The van der Waals surface area contributed by atoms with Crippen LogP contribution < -0.4 is 10.1 Å². The lowest BCUT2D eigenvalue weighted by atomic mass is 10.2. The highest BCUT2D eigenvalue weighted by Crippen LogP contribution is 2.16. The van der Waals surface area contributed by atoms with Crippen molar-refractivity contribution in [1.82, 2.24) is 10.3 Å². The van der Waals surface area contributed by atoms with E-state index in [1.165, 1.54) is 0 Å². The monoisotopic (exact) mass is 260 g/mol. The van der Waals surface area contributed by atoms with Crippen LogP contribution in [-0.4, -0.2) is 36.8 Å². The van der Waals surface area contributed by atoms with Crippen LogP contribution in [-0.2, 0) is 9.53 Å². The second-order valence-electron chi connectivity index (χ2n) is 4.06. The first-order valence-electron chi connectivity index (χ1n) is 6.30. The maximum Gasteiger partial charge on any atom is 0.384 e. The van der Waals surface area contributed by atoms with E-state index in [0.717, 1.165) is 19.5 Å². The molecular weight excluding hydrogens is 244 g/mol. The number of nitrogens with one attached hydrogen (secondary N) is 1. The number of hydrogen-bond acceptors (Lipinski definition) is 5. The van der Waals surface area contributed by atoms with Gasteiger partial charge < -0.3 is 14.8 Å². The Bertz CT molecular complexity index is 499. The molecule has 0 aliphatic carbocycles. The molecule has 5 nitrogen and oxygen atoms in total. The normalized spacial score (nSPS) is 17.4. The minimum absolute atomic E-state index is 0.109. The molecule has 0 spiro atoms. The van der Waals surface area contributed by atoms with E-state index in [-0.39, 0.29) is 6.10 Å². The molecule has 2 rings (SSSR count). The number of aromatic nitrogens is 1. The first kappa shape index (κ1) is 13.4. The Kier molecular flexibility index (Phi) is 4.76. The minimum Gasteiger partial charge on any atom is -0.472 e. The Labute approximate surface area is 112 Å². The molecule has 1 aliphatic rings. The number of esters is 1. The minimum atomic E-state index is -0.542. The summed E-state index contributed by atoms with van der Waals surface area (Å²) in [5.74, 6) is 5.08. The van der Waals surface area contributed by atoms with E-state index in [1.807, 2.05) is 0 Å². The number of rotatable bonds is 3. The van der Waals surface area contributed by atoms with E-state index in [1.54, 1.807) is 25.3 Å². The van der Waals surface area contributed by atoms with Gasteiger partial charge in [0, 0.05) is 18.7 Å². The fourth-order valence-corrected chi connectivity index (χ4v) is 1.75. The molecule has 0 radical (unpaired) electrons. The quantitative estimate of drug-likeness (QED) is 0.641. The van der Waals surface area contributed by atoms with Gasteiger partial charge >= 0.3 is 5.97 Å². The molecule has 0 amide bonds. The summed E-state index contributed by atoms with van der Waals surface area (Å²) in [6.45, 7) is 3.81. The third-order valence-electron chi connectivity index (χ3n) is 2.64. The van der Waals surface area contributed by atoms with Crippen molar-refractivity contribution in [3.8, 4) is 17.7 Å². The van der Waals surface area contributed by atoms with Crippen molar-refractivity contribution in [1.29, 1.82) is 0 Å². The van der Waals surface area contributed by atoms with Gasteiger partial charge in [0.2, 0.25) is 5.88 Å².